The standard InChI is InChI=1S/C17H12Br2F3NO2/c1-25-16-10(7-12(18)9-14(16)19)5-6-15(24)23-13-4-2-3-11(8-13)17(20,21)22/h2-9H,1H3,(H,23,24)/b6-5+. The zero-order valence-corrected chi connectivity index (χ0v) is 16.0. The second-order valence-corrected chi connectivity index (χ2v) is 6.68. The largest absolute Gasteiger partial charge is 0.495 e. The van der Waals surface area contributed by atoms with Crippen LogP contribution in [-0.2, 0) is 11.0 Å². The molecule has 2 rings (SSSR count). The second kappa shape index (κ2) is 8.05. The van der Waals surface area contributed by atoms with Crippen molar-refractivity contribution in [3.63, 3.8) is 0 Å². The van der Waals surface area contributed by atoms with Crippen LogP contribution < -0.4 is 10.1 Å². The first-order chi connectivity index (χ1) is 11.7. The number of carbonyl (C=O) groups is 1. The Kier molecular flexibility index (Phi) is 6.29. The molecule has 8 heteroatoms. The molecule has 0 aliphatic heterocycles. The number of alkyl halides is 3. The monoisotopic (exact) mass is 477 g/mol. The van der Waals surface area contributed by atoms with Gasteiger partial charge in [-0.3, -0.25) is 4.79 Å². The van der Waals surface area contributed by atoms with E-state index in [2.05, 4.69) is 37.2 Å². The van der Waals surface area contributed by atoms with Crippen LogP contribution in [0.5, 0.6) is 5.75 Å². The summed E-state index contributed by atoms with van der Waals surface area (Å²) in [6, 6.07) is 7.97. The van der Waals surface area contributed by atoms with Gasteiger partial charge in [0.15, 0.2) is 0 Å². The summed E-state index contributed by atoms with van der Waals surface area (Å²) in [7, 11) is 1.49. The molecule has 0 atom stereocenters. The Morgan fingerprint density at radius 3 is 2.56 bits per heavy atom. The van der Waals surface area contributed by atoms with Gasteiger partial charge in [0.1, 0.15) is 5.75 Å². The van der Waals surface area contributed by atoms with E-state index in [1.54, 1.807) is 12.1 Å². The molecule has 1 N–H and O–H groups in total. The number of benzene rings is 2. The summed E-state index contributed by atoms with van der Waals surface area (Å²) in [5.41, 5.74) is -0.137. The zero-order valence-electron chi connectivity index (χ0n) is 12.8. The normalized spacial score (nSPS) is 11.6. The summed E-state index contributed by atoms with van der Waals surface area (Å²) in [5, 5.41) is 2.40. The van der Waals surface area contributed by atoms with Gasteiger partial charge < -0.3 is 10.1 Å². The molecule has 2 aromatic rings. The van der Waals surface area contributed by atoms with Crippen molar-refractivity contribution < 1.29 is 22.7 Å². The molecule has 25 heavy (non-hydrogen) atoms. The molecule has 0 aliphatic rings. The molecule has 1 amide bonds. The number of hydrogen-bond donors (Lipinski definition) is 1. The van der Waals surface area contributed by atoms with Gasteiger partial charge in [-0.05, 0) is 52.3 Å². The third-order valence-corrected chi connectivity index (χ3v) is 4.16. The van der Waals surface area contributed by atoms with Crippen LogP contribution in [-0.4, -0.2) is 13.0 Å². The molecular formula is C17H12Br2F3NO2. The molecule has 0 radical (unpaired) electrons. The van der Waals surface area contributed by atoms with Gasteiger partial charge in [-0.1, -0.05) is 22.0 Å². The molecule has 0 saturated heterocycles. The van der Waals surface area contributed by atoms with Crippen molar-refractivity contribution >= 4 is 49.5 Å². The highest BCUT2D eigenvalue weighted by atomic mass is 79.9. The lowest BCUT2D eigenvalue weighted by atomic mass is 10.1. The maximum absolute atomic E-state index is 12.7. The number of hydrogen-bond acceptors (Lipinski definition) is 2. The average Bonchev–Trinajstić information content (AvgIpc) is 2.52. The summed E-state index contributed by atoms with van der Waals surface area (Å²) < 4.78 is 44.8. The highest BCUT2D eigenvalue weighted by Crippen LogP contribution is 2.33. The third-order valence-electron chi connectivity index (χ3n) is 3.11. The Morgan fingerprint density at radius 1 is 1.20 bits per heavy atom. The first-order valence-electron chi connectivity index (χ1n) is 6.90. The summed E-state index contributed by atoms with van der Waals surface area (Å²) in [5.74, 6) is -0.0243. The van der Waals surface area contributed by atoms with E-state index in [0.717, 1.165) is 16.6 Å². The summed E-state index contributed by atoms with van der Waals surface area (Å²) in [6.07, 6.45) is -1.74. The van der Waals surface area contributed by atoms with Gasteiger partial charge in [0.05, 0.1) is 17.1 Å². The number of amides is 1. The number of ether oxygens (including phenoxy) is 1. The molecule has 2 aromatic carbocycles. The summed E-state index contributed by atoms with van der Waals surface area (Å²) >= 11 is 6.69. The Balaban J connectivity index is 2.17. The number of anilines is 1. The van der Waals surface area contributed by atoms with Crippen LogP contribution in [0.15, 0.2) is 51.4 Å². The molecule has 0 aromatic heterocycles. The van der Waals surface area contributed by atoms with Crippen LogP contribution in [0.1, 0.15) is 11.1 Å². The van der Waals surface area contributed by atoms with Crippen LogP contribution in [0, 0.1) is 0 Å². The molecule has 132 valence electrons. The van der Waals surface area contributed by atoms with Crippen LogP contribution in [0.3, 0.4) is 0 Å². The fraction of sp³-hybridized carbons (Fsp3) is 0.118. The van der Waals surface area contributed by atoms with Gasteiger partial charge in [0, 0.05) is 21.8 Å². The van der Waals surface area contributed by atoms with E-state index in [4.69, 9.17) is 4.74 Å². The topological polar surface area (TPSA) is 38.3 Å². The van der Waals surface area contributed by atoms with Crippen molar-refractivity contribution in [2.75, 3.05) is 12.4 Å². The molecule has 3 nitrogen and oxygen atoms in total. The third kappa shape index (κ3) is 5.34. The Morgan fingerprint density at radius 2 is 1.92 bits per heavy atom. The quantitative estimate of drug-likeness (QED) is 0.556. The summed E-state index contributed by atoms with van der Waals surface area (Å²) in [6.45, 7) is 0. The highest BCUT2D eigenvalue weighted by molar-refractivity contribution is 9.11. The number of halogens is 5. The lowest BCUT2D eigenvalue weighted by Gasteiger charge is -2.09. The molecule has 0 unspecified atom stereocenters. The van der Waals surface area contributed by atoms with E-state index in [9.17, 15) is 18.0 Å². The fourth-order valence-corrected chi connectivity index (χ4v) is 3.46. The van der Waals surface area contributed by atoms with Crippen molar-refractivity contribution in [2.24, 2.45) is 0 Å². The molecule has 0 fully saturated rings. The highest BCUT2D eigenvalue weighted by Gasteiger charge is 2.30. The molecular weight excluding hydrogens is 467 g/mol. The predicted molar refractivity (Wildman–Crippen MR) is 97.5 cm³/mol. The van der Waals surface area contributed by atoms with E-state index < -0.39 is 17.6 Å². The molecule has 0 bridgehead atoms. The first-order valence-corrected chi connectivity index (χ1v) is 8.48. The number of rotatable bonds is 4. The van der Waals surface area contributed by atoms with Gasteiger partial charge in [-0.2, -0.15) is 13.2 Å². The van der Waals surface area contributed by atoms with Crippen molar-refractivity contribution in [1.82, 2.24) is 0 Å². The minimum atomic E-state index is -4.47. The van der Waals surface area contributed by atoms with Crippen molar-refractivity contribution in [2.45, 2.75) is 6.18 Å². The SMILES string of the molecule is COc1c(Br)cc(Br)cc1/C=C/C(=O)Nc1cccc(C(F)(F)F)c1. The minimum Gasteiger partial charge on any atom is -0.495 e. The van der Waals surface area contributed by atoms with Gasteiger partial charge in [0.2, 0.25) is 5.91 Å². The Labute approximate surface area is 159 Å². The van der Waals surface area contributed by atoms with E-state index in [1.165, 1.54) is 31.4 Å². The predicted octanol–water partition coefficient (Wildman–Crippen LogP) is 5.89. The zero-order chi connectivity index (χ0) is 18.6. The smallest absolute Gasteiger partial charge is 0.416 e. The number of methoxy groups -OCH3 is 1. The van der Waals surface area contributed by atoms with Gasteiger partial charge in [0.25, 0.3) is 0 Å². The molecule has 0 heterocycles. The lowest BCUT2D eigenvalue weighted by molar-refractivity contribution is -0.137. The van der Waals surface area contributed by atoms with Gasteiger partial charge in [-0.15, -0.1) is 0 Å². The van der Waals surface area contributed by atoms with Crippen molar-refractivity contribution in [3.05, 3.63) is 62.5 Å². The van der Waals surface area contributed by atoms with Crippen LogP contribution in [0.25, 0.3) is 6.08 Å². The number of nitrogens with one attached hydrogen (secondary N) is 1. The van der Waals surface area contributed by atoms with E-state index >= 15 is 0 Å². The second-order valence-electron chi connectivity index (χ2n) is 4.91. The van der Waals surface area contributed by atoms with Crippen LogP contribution >= 0.6 is 31.9 Å². The van der Waals surface area contributed by atoms with Crippen molar-refractivity contribution in [1.29, 1.82) is 0 Å². The molecule has 0 saturated carbocycles. The van der Waals surface area contributed by atoms with Gasteiger partial charge in [-0.25, -0.2) is 0 Å². The lowest BCUT2D eigenvalue weighted by Crippen LogP contribution is -2.10. The molecule has 0 aliphatic carbocycles. The van der Waals surface area contributed by atoms with Crippen LogP contribution in [0.2, 0.25) is 0 Å². The average molecular weight is 479 g/mol. The Hall–Kier alpha value is -1.80. The maximum atomic E-state index is 12.7. The van der Waals surface area contributed by atoms with E-state index in [0.29, 0.717) is 15.8 Å². The first kappa shape index (κ1) is 19.5. The van der Waals surface area contributed by atoms with Crippen LogP contribution in [0.4, 0.5) is 18.9 Å². The van der Waals surface area contributed by atoms with E-state index in [-0.39, 0.29) is 5.69 Å². The minimum absolute atomic E-state index is 0.0619. The fourth-order valence-electron chi connectivity index (χ4n) is 2.04. The number of carbonyl (C=O) groups excluding carboxylic acids is 1. The van der Waals surface area contributed by atoms with Crippen molar-refractivity contribution in [3.8, 4) is 5.75 Å². The van der Waals surface area contributed by atoms with Gasteiger partial charge >= 0.3 is 6.18 Å². The summed E-state index contributed by atoms with van der Waals surface area (Å²) in [4.78, 5) is 12.0. The van der Waals surface area contributed by atoms with E-state index in [1.807, 2.05) is 0 Å². The Bertz CT molecular complexity index is 820. The molecule has 0 spiro atoms. The maximum Gasteiger partial charge on any atom is 0.416 e.